The molecule has 0 bridgehead atoms. The van der Waals surface area contributed by atoms with Gasteiger partial charge in [0.1, 0.15) is 11.6 Å². The van der Waals surface area contributed by atoms with E-state index in [2.05, 4.69) is 4.98 Å². The number of para-hydroxylation sites is 1. The molecule has 28 heavy (non-hydrogen) atoms. The molecule has 0 saturated carbocycles. The molecule has 1 aliphatic heterocycles. The van der Waals surface area contributed by atoms with Crippen LogP contribution in [0.4, 0.5) is 0 Å². The van der Waals surface area contributed by atoms with Gasteiger partial charge in [0.05, 0.1) is 16.8 Å². The number of aromatic hydroxyl groups is 1. The number of nitrogens with zero attached hydrogens (tertiary/aromatic N) is 2. The molecule has 0 radical (unpaired) electrons. The van der Waals surface area contributed by atoms with Gasteiger partial charge < -0.3 is 20.5 Å². The Bertz CT molecular complexity index is 973. The molecule has 148 valence electrons. The number of phenolic OH excluding ortho intramolecular Hbond substituents is 1. The second kappa shape index (κ2) is 8.34. The van der Waals surface area contributed by atoms with Gasteiger partial charge in [-0.25, -0.2) is 4.98 Å². The summed E-state index contributed by atoms with van der Waals surface area (Å²) in [6.07, 6.45) is 0.291. The van der Waals surface area contributed by atoms with Gasteiger partial charge in [-0.2, -0.15) is 0 Å². The lowest BCUT2D eigenvalue weighted by atomic mass is 10.1. The number of amides is 1. The van der Waals surface area contributed by atoms with Crippen LogP contribution in [0.15, 0.2) is 36.4 Å². The number of fused-ring (bicyclic) bond motifs is 2. The third kappa shape index (κ3) is 4.06. The minimum Gasteiger partial charge on any atom is -0.504 e. The first kappa shape index (κ1) is 20.4. The minimum atomic E-state index is -0.191. The van der Waals surface area contributed by atoms with Crippen molar-refractivity contribution in [3.8, 4) is 22.1 Å². The molecule has 1 amide bonds. The molecule has 0 aliphatic carbocycles. The van der Waals surface area contributed by atoms with Crippen LogP contribution in [-0.4, -0.2) is 40.1 Å². The maximum atomic E-state index is 12.4. The number of carbonyl (C=O) groups excluding carboxylic acids is 1. The number of hydrogen-bond acceptors (Lipinski definition) is 6. The summed E-state index contributed by atoms with van der Waals surface area (Å²) >= 11 is 1.57. The molecule has 1 atom stereocenters. The van der Waals surface area contributed by atoms with Gasteiger partial charge in [0.15, 0.2) is 11.5 Å². The maximum Gasteiger partial charge on any atom is 0.224 e. The van der Waals surface area contributed by atoms with Gasteiger partial charge in [-0.05, 0) is 31.2 Å². The van der Waals surface area contributed by atoms with Gasteiger partial charge in [-0.1, -0.05) is 12.1 Å². The first-order valence-electron chi connectivity index (χ1n) is 8.89. The fraction of sp³-hybridized carbons (Fsp3) is 0.300. The number of carbonyl (C=O) groups is 1. The number of benzene rings is 2. The number of rotatable bonds is 3. The molecule has 0 saturated heterocycles. The number of hydrogen-bond donors (Lipinski definition) is 2. The lowest BCUT2D eigenvalue weighted by molar-refractivity contribution is -0.132. The number of nitrogens with two attached hydrogens (primary N) is 1. The summed E-state index contributed by atoms with van der Waals surface area (Å²) in [5.41, 5.74) is 8.29. The highest BCUT2D eigenvalue weighted by Crippen LogP contribution is 2.39. The van der Waals surface area contributed by atoms with Crippen LogP contribution in [0, 0.1) is 0 Å². The standard InChI is InChI=1S/C20H21N3O3S.ClH/c1-12(21)8-18(25)23-6-7-26-19-14(11-23)9-13(10-16(19)24)20-22-15-4-2-3-5-17(15)27-20;/h2-5,9-10,12,24H,6-8,11,21H2,1H3;1H. The fourth-order valence-corrected chi connectivity index (χ4v) is 4.19. The molecule has 6 nitrogen and oxygen atoms in total. The molecule has 2 heterocycles. The monoisotopic (exact) mass is 419 g/mol. The third-order valence-electron chi connectivity index (χ3n) is 4.51. The van der Waals surface area contributed by atoms with Crippen molar-refractivity contribution >= 4 is 39.9 Å². The zero-order valence-corrected chi connectivity index (χ0v) is 17.1. The van der Waals surface area contributed by atoms with E-state index < -0.39 is 0 Å². The van der Waals surface area contributed by atoms with Gasteiger partial charge in [-0.3, -0.25) is 4.79 Å². The summed E-state index contributed by atoms with van der Waals surface area (Å²) in [4.78, 5) is 18.8. The average Bonchev–Trinajstić information content (AvgIpc) is 2.93. The highest BCUT2D eigenvalue weighted by molar-refractivity contribution is 7.21. The number of thiazole rings is 1. The molecule has 1 unspecified atom stereocenters. The van der Waals surface area contributed by atoms with Crippen molar-refractivity contribution in [2.45, 2.75) is 25.9 Å². The first-order valence-corrected chi connectivity index (χ1v) is 9.71. The molecule has 2 aromatic carbocycles. The maximum absolute atomic E-state index is 12.4. The number of halogens is 1. The molecule has 1 aromatic heterocycles. The molecule has 4 rings (SSSR count). The number of ether oxygens (including phenoxy) is 1. The van der Waals surface area contributed by atoms with E-state index >= 15 is 0 Å². The summed E-state index contributed by atoms with van der Waals surface area (Å²) in [5.74, 6) is 0.505. The highest BCUT2D eigenvalue weighted by Gasteiger charge is 2.24. The summed E-state index contributed by atoms with van der Waals surface area (Å²) < 4.78 is 6.81. The van der Waals surface area contributed by atoms with Crippen LogP contribution in [0.2, 0.25) is 0 Å². The molecule has 1 aliphatic rings. The topological polar surface area (TPSA) is 88.7 Å². The fourth-order valence-electron chi connectivity index (χ4n) is 3.24. The molecule has 0 spiro atoms. The van der Waals surface area contributed by atoms with Crippen LogP contribution in [0.5, 0.6) is 11.5 Å². The Balaban J connectivity index is 0.00000225. The van der Waals surface area contributed by atoms with Crippen LogP contribution in [0.3, 0.4) is 0 Å². The van der Waals surface area contributed by atoms with Crippen LogP contribution >= 0.6 is 23.7 Å². The lowest BCUT2D eigenvalue weighted by Gasteiger charge is -2.21. The van der Waals surface area contributed by atoms with Crippen LogP contribution < -0.4 is 10.5 Å². The van der Waals surface area contributed by atoms with E-state index in [0.29, 0.717) is 31.9 Å². The number of phenols is 1. The molecular weight excluding hydrogens is 398 g/mol. The van der Waals surface area contributed by atoms with Gasteiger partial charge in [0.2, 0.25) is 5.91 Å². The molecule has 8 heteroatoms. The Morgan fingerprint density at radius 1 is 1.39 bits per heavy atom. The van der Waals surface area contributed by atoms with Crippen molar-refractivity contribution in [3.63, 3.8) is 0 Å². The second-order valence-electron chi connectivity index (χ2n) is 6.82. The molecule has 3 N–H and O–H groups in total. The van der Waals surface area contributed by atoms with Crippen LogP contribution in [0.25, 0.3) is 20.8 Å². The zero-order chi connectivity index (χ0) is 19.0. The summed E-state index contributed by atoms with van der Waals surface area (Å²) in [5, 5.41) is 11.3. The van der Waals surface area contributed by atoms with E-state index in [-0.39, 0.29) is 30.1 Å². The Kier molecular flexibility index (Phi) is 6.07. The number of aromatic nitrogens is 1. The van der Waals surface area contributed by atoms with Gasteiger partial charge in [-0.15, -0.1) is 23.7 Å². The van der Waals surface area contributed by atoms with Gasteiger partial charge in [0, 0.05) is 30.1 Å². The van der Waals surface area contributed by atoms with Crippen molar-refractivity contribution in [1.82, 2.24) is 9.88 Å². The Hall–Kier alpha value is -2.35. The van der Waals surface area contributed by atoms with Crippen molar-refractivity contribution in [1.29, 1.82) is 0 Å². The molecular formula is C20H22ClN3O3S. The van der Waals surface area contributed by atoms with Crippen LogP contribution in [0.1, 0.15) is 18.9 Å². The van der Waals surface area contributed by atoms with E-state index in [4.69, 9.17) is 10.5 Å². The minimum absolute atomic E-state index is 0. The molecule has 0 fully saturated rings. The zero-order valence-electron chi connectivity index (χ0n) is 15.4. The second-order valence-corrected chi connectivity index (χ2v) is 7.85. The summed E-state index contributed by atoms with van der Waals surface area (Å²) in [6, 6.07) is 11.4. The van der Waals surface area contributed by atoms with Gasteiger partial charge >= 0.3 is 0 Å². The summed E-state index contributed by atoms with van der Waals surface area (Å²) in [6.45, 7) is 3.01. The predicted molar refractivity (Wildman–Crippen MR) is 113 cm³/mol. The van der Waals surface area contributed by atoms with Crippen molar-refractivity contribution in [2.24, 2.45) is 5.73 Å². The first-order chi connectivity index (χ1) is 13.0. The Labute approximate surface area is 173 Å². The van der Waals surface area contributed by atoms with E-state index in [1.807, 2.05) is 37.3 Å². The van der Waals surface area contributed by atoms with Crippen molar-refractivity contribution < 1.29 is 14.6 Å². The van der Waals surface area contributed by atoms with E-state index in [1.165, 1.54) is 0 Å². The normalized spacial score (nSPS) is 14.6. The van der Waals surface area contributed by atoms with E-state index in [1.54, 1.807) is 22.3 Å². The lowest BCUT2D eigenvalue weighted by Crippen LogP contribution is -2.35. The quantitative estimate of drug-likeness (QED) is 0.677. The van der Waals surface area contributed by atoms with E-state index in [9.17, 15) is 9.90 Å². The van der Waals surface area contributed by atoms with Crippen molar-refractivity contribution in [2.75, 3.05) is 13.2 Å². The Morgan fingerprint density at radius 2 is 2.18 bits per heavy atom. The average molecular weight is 420 g/mol. The highest BCUT2D eigenvalue weighted by atomic mass is 35.5. The largest absolute Gasteiger partial charge is 0.504 e. The third-order valence-corrected chi connectivity index (χ3v) is 5.59. The van der Waals surface area contributed by atoms with Gasteiger partial charge in [0.25, 0.3) is 0 Å². The SMILES string of the molecule is CC(N)CC(=O)N1CCOc2c(O)cc(-c3nc4ccccc4s3)cc2C1.Cl. The van der Waals surface area contributed by atoms with E-state index in [0.717, 1.165) is 26.4 Å². The predicted octanol–water partition coefficient (Wildman–Crippen LogP) is 3.55. The smallest absolute Gasteiger partial charge is 0.224 e. The Morgan fingerprint density at radius 3 is 2.93 bits per heavy atom. The van der Waals surface area contributed by atoms with Crippen LogP contribution in [-0.2, 0) is 11.3 Å². The molecule has 3 aromatic rings. The van der Waals surface area contributed by atoms with Crippen molar-refractivity contribution in [3.05, 3.63) is 42.0 Å². The summed E-state index contributed by atoms with van der Waals surface area (Å²) in [7, 11) is 0.